The van der Waals surface area contributed by atoms with Crippen LogP contribution in [0.1, 0.15) is 86.8 Å². The summed E-state index contributed by atoms with van der Waals surface area (Å²) in [6.07, 6.45) is 0.223. The van der Waals surface area contributed by atoms with Gasteiger partial charge in [0.2, 0.25) is 47.3 Å². The number of benzene rings is 2. The zero-order valence-corrected chi connectivity index (χ0v) is 35.2. The summed E-state index contributed by atoms with van der Waals surface area (Å²) in [5.74, 6) is -5.82. The number of carbonyl (C=O) groups excluding carboxylic acids is 8. The normalized spacial score (nSPS) is 23.7. The van der Waals surface area contributed by atoms with E-state index in [1.54, 1.807) is 60.7 Å². The van der Waals surface area contributed by atoms with Crippen molar-refractivity contribution in [3.63, 3.8) is 0 Å². The highest BCUT2D eigenvalue weighted by Crippen LogP contribution is 2.15. The maximum absolute atomic E-state index is 13.9. The minimum atomic E-state index is -1.61. The van der Waals surface area contributed by atoms with E-state index in [1.807, 2.05) is 13.8 Å². The van der Waals surface area contributed by atoms with Gasteiger partial charge >= 0.3 is 0 Å². The highest BCUT2D eigenvalue weighted by atomic mass is 16.2. The molecule has 1 fully saturated rings. The third kappa shape index (κ3) is 13.4. The quantitative estimate of drug-likeness (QED) is 0.207. The number of nitrogens with one attached hydrogen (secondary N) is 8. The topological polar surface area (TPSA) is 233 Å². The highest BCUT2D eigenvalue weighted by Gasteiger charge is 2.41. The molecule has 58 heavy (non-hydrogen) atoms. The lowest BCUT2D eigenvalue weighted by atomic mass is 9.96. The molecule has 2 aromatic carbocycles. The van der Waals surface area contributed by atoms with Crippen molar-refractivity contribution in [2.45, 2.75) is 129 Å². The number of hydrogen-bond acceptors (Lipinski definition) is 8. The Morgan fingerprint density at radius 3 is 1.19 bits per heavy atom. The van der Waals surface area contributed by atoms with Crippen LogP contribution in [0, 0.1) is 5.92 Å². The standard InChI is InChI=1S/C42H60N8O8/c1-25(2)21-28-32(52)49-42(9,10)38(58)46-29(22-26-17-13-11-14-18-26)33(53)48-39(3,4)35(55)43-24-31(51)47-40(5,6)36(56)45-30(23-27-19-15-12-16-20-27)34(54)50-41(7,8)37(57)44-28/h11-20,25,28-30H,21-24H2,1-10H3,(H,43,55)(H,44,57)(H,45,56)(H,46,58)(H,47,51)(H,48,53)(H,49,52)(H,50,54)/t28-,29-,30-/m0/s1. The third-order valence-electron chi connectivity index (χ3n) is 9.58. The molecule has 0 aliphatic carbocycles. The van der Waals surface area contributed by atoms with Crippen LogP contribution < -0.4 is 42.5 Å². The highest BCUT2D eigenvalue weighted by molar-refractivity contribution is 6.01. The molecule has 0 spiro atoms. The number of carbonyl (C=O) groups is 8. The predicted octanol–water partition coefficient (Wildman–Crippen LogP) is 0.681. The van der Waals surface area contributed by atoms with Crippen LogP contribution in [-0.4, -0.2) is 94.1 Å². The fourth-order valence-corrected chi connectivity index (χ4v) is 6.02. The lowest BCUT2D eigenvalue weighted by Gasteiger charge is -2.34. The average Bonchev–Trinajstić information content (AvgIpc) is 3.12. The Balaban J connectivity index is 2.04. The SMILES string of the molecule is CC(C)C[C@@H]1NC(=O)C(C)(C)NC(=O)[C@H](Cc2ccccc2)NC(=O)C(C)(C)NC(=O)CNC(=O)C(C)(C)NC(=O)[C@H](Cc2ccccc2)NC(=O)C(C)(C)NC1=O. The zero-order valence-electron chi connectivity index (χ0n) is 35.2. The summed E-state index contributed by atoms with van der Waals surface area (Å²) >= 11 is 0. The zero-order chi connectivity index (χ0) is 43.6. The lowest BCUT2D eigenvalue weighted by molar-refractivity contribution is -0.139. The van der Waals surface area contributed by atoms with Crippen LogP contribution in [0.25, 0.3) is 0 Å². The summed E-state index contributed by atoms with van der Waals surface area (Å²) in [6.45, 7) is 14.6. The molecule has 1 aliphatic heterocycles. The Morgan fingerprint density at radius 1 is 0.483 bits per heavy atom. The van der Waals surface area contributed by atoms with Gasteiger partial charge in [-0.25, -0.2) is 0 Å². The first-order chi connectivity index (χ1) is 26.8. The molecule has 0 aromatic heterocycles. The van der Waals surface area contributed by atoms with E-state index in [-0.39, 0.29) is 25.2 Å². The Kier molecular flexibility index (Phi) is 15.3. The van der Waals surface area contributed by atoms with Crippen LogP contribution >= 0.6 is 0 Å². The van der Waals surface area contributed by atoms with E-state index >= 15 is 0 Å². The number of rotatable bonds is 6. The van der Waals surface area contributed by atoms with Crippen LogP contribution in [0.2, 0.25) is 0 Å². The van der Waals surface area contributed by atoms with E-state index in [0.717, 1.165) is 0 Å². The molecule has 16 nitrogen and oxygen atoms in total. The summed E-state index contributed by atoms with van der Waals surface area (Å²) in [5.41, 5.74) is -5.00. The van der Waals surface area contributed by atoms with Crippen molar-refractivity contribution < 1.29 is 38.4 Å². The van der Waals surface area contributed by atoms with E-state index in [9.17, 15) is 38.4 Å². The minimum Gasteiger partial charge on any atom is -0.345 e. The Bertz CT molecular complexity index is 1800. The smallest absolute Gasteiger partial charge is 0.245 e. The summed E-state index contributed by atoms with van der Waals surface area (Å²) < 4.78 is 0. The molecule has 3 atom stereocenters. The molecular formula is C42H60N8O8. The molecule has 316 valence electrons. The van der Waals surface area contributed by atoms with Gasteiger partial charge in [-0.2, -0.15) is 0 Å². The summed E-state index contributed by atoms with van der Waals surface area (Å²) in [7, 11) is 0. The predicted molar refractivity (Wildman–Crippen MR) is 217 cm³/mol. The van der Waals surface area contributed by atoms with Gasteiger partial charge < -0.3 is 42.5 Å². The van der Waals surface area contributed by atoms with Crippen molar-refractivity contribution in [1.82, 2.24) is 42.5 Å². The fourth-order valence-electron chi connectivity index (χ4n) is 6.02. The van der Waals surface area contributed by atoms with Crippen molar-refractivity contribution in [2.24, 2.45) is 5.92 Å². The van der Waals surface area contributed by atoms with E-state index < -0.39 is 94.1 Å². The molecule has 8 amide bonds. The van der Waals surface area contributed by atoms with Gasteiger partial charge in [-0.15, -0.1) is 0 Å². The lowest BCUT2D eigenvalue weighted by Crippen LogP contribution is -2.66. The second kappa shape index (κ2) is 19.1. The monoisotopic (exact) mass is 804 g/mol. The maximum atomic E-state index is 13.9. The van der Waals surface area contributed by atoms with E-state index in [2.05, 4.69) is 42.5 Å². The molecule has 0 unspecified atom stereocenters. The largest absolute Gasteiger partial charge is 0.345 e. The van der Waals surface area contributed by atoms with Crippen molar-refractivity contribution in [3.8, 4) is 0 Å². The van der Waals surface area contributed by atoms with Gasteiger partial charge in [0.25, 0.3) is 0 Å². The van der Waals surface area contributed by atoms with Gasteiger partial charge in [-0.3, -0.25) is 38.4 Å². The minimum absolute atomic E-state index is 0.0265. The van der Waals surface area contributed by atoms with Gasteiger partial charge in [0.05, 0.1) is 6.54 Å². The van der Waals surface area contributed by atoms with Gasteiger partial charge in [0.1, 0.15) is 40.3 Å². The van der Waals surface area contributed by atoms with E-state index in [1.165, 1.54) is 55.4 Å². The second-order valence-corrected chi connectivity index (χ2v) is 17.3. The van der Waals surface area contributed by atoms with Crippen molar-refractivity contribution >= 4 is 47.3 Å². The molecule has 1 heterocycles. The van der Waals surface area contributed by atoms with E-state index in [0.29, 0.717) is 11.1 Å². The Labute approximate surface area is 340 Å². The molecule has 0 bridgehead atoms. The first-order valence-electron chi connectivity index (χ1n) is 19.4. The molecule has 3 rings (SSSR count). The van der Waals surface area contributed by atoms with Crippen LogP contribution in [0.15, 0.2) is 60.7 Å². The van der Waals surface area contributed by atoms with Crippen molar-refractivity contribution in [3.05, 3.63) is 71.8 Å². The summed E-state index contributed by atoms with van der Waals surface area (Å²) in [5, 5.41) is 21.3. The molecular weight excluding hydrogens is 745 g/mol. The van der Waals surface area contributed by atoms with Gasteiger partial charge in [0.15, 0.2) is 0 Å². The van der Waals surface area contributed by atoms with E-state index in [4.69, 9.17) is 0 Å². The van der Waals surface area contributed by atoms with Crippen LogP contribution in [0.5, 0.6) is 0 Å². The number of hydrogen-bond donors (Lipinski definition) is 8. The first-order valence-corrected chi connectivity index (χ1v) is 19.4. The third-order valence-corrected chi connectivity index (χ3v) is 9.58. The van der Waals surface area contributed by atoms with Crippen LogP contribution in [-0.2, 0) is 51.2 Å². The number of amides is 8. The molecule has 1 aliphatic rings. The molecule has 16 heteroatoms. The van der Waals surface area contributed by atoms with Crippen LogP contribution in [0.4, 0.5) is 0 Å². The van der Waals surface area contributed by atoms with Crippen molar-refractivity contribution in [2.75, 3.05) is 6.54 Å². The van der Waals surface area contributed by atoms with Gasteiger partial charge in [-0.05, 0) is 78.9 Å². The second-order valence-electron chi connectivity index (χ2n) is 17.3. The average molecular weight is 805 g/mol. The van der Waals surface area contributed by atoms with Crippen LogP contribution in [0.3, 0.4) is 0 Å². The van der Waals surface area contributed by atoms with Gasteiger partial charge in [0, 0.05) is 12.8 Å². The molecule has 2 aromatic rings. The molecule has 0 saturated carbocycles. The first kappa shape index (κ1) is 46.6. The molecule has 8 N–H and O–H groups in total. The maximum Gasteiger partial charge on any atom is 0.245 e. The summed E-state index contributed by atoms with van der Waals surface area (Å²) in [6, 6.07) is 14.2. The van der Waals surface area contributed by atoms with Gasteiger partial charge in [-0.1, -0.05) is 74.5 Å². The Hall–Kier alpha value is -5.80. The molecule has 0 radical (unpaired) electrons. The fraction of sp³-hybridized carbons (Fsp3) is 0.524. The van der Waals surface area contributed by atoms with Crippen molar-refractivity contribution in [1.29, 1.82) is 0 Å². The Morgan fingerprint density at radius 2 is 0.810 bits per heavy atom. The summed E-state index contributed by atoms with van der Waals surface area (Å²) in [4.78, 5) is 110. The molecule has 1 saturated heterocycles.